The van der Waals surface area contributed by atoms with Crippen molar-refractivity contribution in [1.82, 2.24) is 19.4 Å². The van der Waals surface area contributed by atoms with Gasteiger partial charge in [-0.05, 0) is 38.6 Å². The predicted molar refractivity (Wildman–Crippen MR) is 95.3 cm³/mol. The second-order valence-electron chi connectivity index (χ2n) is 6.42. The maximum atomic E-state index is 12.9. The van der Waals surface area contributed by atoms with Gasteiger partial charge in [-0.2, -0.15) is 0 Å². The van der Waals surface area contributed by atoms with Crippen LogP contribution >= 0.6 is 0 Å². The van der Waals surface area contributed by atoms with Crippen LogP contribution in [0.1, 0.15) is 34.4 Å². The Labute approximate surface area is 143 Å². The van der Waals surface area contributed by atoms with E-state index in [1.807, 2.05) is 42.3 Å². The van der Waals surface area contributed by atoms with Crippen molar-refractivity contribution in [2.45, 2.75) is 27.3 Å². The number of carbonyl (C=O) groups is 1. The Morgan fingerprint density at radius 1 is 1.17 bits per heavy atom. The number of aromatic nitrogens is 2. The number of piperazine rings is 1. The van der Waals surface area contributed by atoms with Gasteiger partial charge in [0.15, 0.2) is 0 Å². The van der Waals surface area contributed by atoms with Crippen molar-refractivity contribution < 1.29 is 4.79 Å². The fourth-order valence-electron chi connectivity index (χ4n) is 3.35. The van der Waals surface area contributed by atoms with Crippen LogP contribution < -0.4 is 0 Å². The third-order valence-electron chi connectivity index (χ3n) is 4.96. The zero-order valence-corrected chi connectivity index (χ0v) is 14.8. The Morgan fingerprint density at radius 2 is 1.92 bits per heavy atom. The molecule has 0 radical (unpaired) electrons. The molecule has 2 aromatic rings. The number of amides is 1. The van der Waals surface area contributed by atoms with Gasteiger partial charge in [-0.3, -0.25) is 9.78 Å². The van der Waals surface area contributed by atoms with Crippen molar-refractivity contribution in [1.29, 1.82) is 0 Å². The summed E-state index contributed by atoms with van der Waals surface area (Å²) in [5.41, 5.74) is 3.97. The molecule has 0 aliphatic carbocycles. The second-order valence-corrected chi connectivity index (χ2v) is 6.42. The van der Waals surface area contributed by atoms with Gasteiger partial charge in [0.2, 0.25) is 0 Å². The van der Waals surface area contributed by atoms with E-state index >= 15 is 0 Å². The highest BCUT2D eigenvalue weighted by molar-refractivity contribution is 5.95. The standard InChI is InChI=1S/C19H26N4O/c1-4-21-9-11-22(12-10-21)19(24)18-13-15(2)23(16(18)3)14-17-7-5-6-8-20-17/h5-8,13H,4,9-12,14H2,1-3H3. The fourth-order valence-corrected chi connectivity index (χ4v) is 3.35. The molecule has 1 amide bonds. The number of pyridine rings is 1. The summed E-state index contributed by atoms with van der Waals surface area (Å²) in [5, 5.41) is 0. The van der Waals surface area contributed by atoms with Crippen LogP contribution in [0.15, 0.2) is 30.5 Å². The summed E-state index contributed by atoms with van der Waals surface area (Å²) in [5.74, 6) is 0.158. The van der Waals surface area contributed by atoms with E-state index in [4.69, 9.17) is 0 Å². The molecule has 1 aliphatic rings. The van der Waals surface area contributed by atoms with Crippen molar-refractivity contribution in [2.24, 2.45) is 0 Å². The number of hydrogen-bond donors (Lipinski definition) is 0. The number of carbonyl (C=O) groups excluding carboxylic acids is 1. The minimum Gasteiger partial charge on any atom is -0.342 e. The van der Waals surface area contributed by atoms with Gasteiger partial charge in [-0.15, -0.1) is 0 Å². The first-order chi connectivity index (χ1) is 11.6. The monoisotopic (exact) mass is 326 g/mol. The third-order valence-corrected chi connectivity index (χ3v) is 4.96. The van der Waals surface area contributed by atoms with Crippen LogP contribution in [0.25, 0.3) is 0 Å². The van der Waals surface area contributed by atoms with E-state index in [2.05, 4.69) is 28.3 Å². The largest absolute Gasteiger partial charge is 0.342 e. The quantitative estimate of drug-likeness (QED) is 0.866. The van der Waals surface area contributed by atoms with Crippen LogP contribution in [0.4, 0.5) is 0 Å². The Morgan fingerprint density at radius 3 is 2.54 bits per heavy atom. The lowest BCUT2D eigenvalue weighted by Gasteiger charge is -2.34. The summed E-state index contributed by atoms with van der Waals surface area (Å²) in [6.07, 6.45) is 1.81. The molecule has 0 N–H and O–H groups in total. The van der Waals surface area contributed by atoms with Gasteiger partial charge in [0.05, 0.1) is 17.8 Å². The van der Waals surface area contributed by atoms with Crippen molar-refractivity contribution >= 4 is 5.91 Å². The minimum atomic E-state index is 0.158. The van der Waals surface area contributed by atoms with Crippen LogP contribution in [0.2, 0.25) is 0 Å². The van der Waals surface area contributed by atoms with Gasteiger partial charge >= 0.3 is 0 Å². The second kappa shape index (κ2) is 7.18. The Kier molecular flexibility index (Phi) is 5.00. The van der Waals surface area contributed by atoms with E-state index in [1.165, 1.54) is 0 Å². The van der Waals surface area contributed by atoms with Crippen LogP contribution in [-0.4, -0.2) is 58.0 Å². The van der Waals surface area contributed by atoms with Crippen LogP contribution in [0.5, 0.6) is 0 Å². The van der Waals surface area contributed by atoms with E-state index in [0.29, 0.717) is 6.54 Å². The molecule has 2 aromatic heterocycles. The van der Waals surface area contributed by atoms with Crippen molar-refractivity contribution in [2.75, 3.05) is 32.7 Å². The molecule has 24 heavy (non-hydrogen) atoms. The highest BCUT2D eigenvalue weighted by atomic mass is 16.2. The number of hydrogen-bond acceptors (Lipinski definition) is 3. The molecular formula is C19H26N4O. The summed E-state index contributed by atoms with van der Waals surface area (Å²) in [7, 11) is 0. The normalized spacial score (nSPS) is 15.7. The maximum absolute atomic E-state index is 12.9. The van der Waals surface area contributed by atoms with Crippen molar-refractivity contribution in [3.63, 3.8) is 0 Å². The highest BCUT2D eigenvalue weighted by Crippen LogP contribution is 2.19. The molecule has 128 valence electrons. The molecule has 0 saturated carbocycles. The van der Waals surface area contributed by atoms with E-state index in [1.54, 1.807) is 0 Å². The molecule has 0 spiro atoms. The van der Waals surface area contributed by atoms with Gasteiger partial charge < -0.3 is 14.4 Å². The maximum Gasteiger partial charge on any atom is 0.255 e. The van der Waals surface area contributed by atoms with Gasteiger partial charge in [0.1, 0.15) is 0 Å². The zero-order chi connectivity index (χ0) is 17.1. The highest BCUT2D eigenvalue weighted by Gasteiger charge is 2.24. The van der Waals surface area contributed by atoms with E-state index in [-0.39, 0.29) is 5.91 Å². The topological polar surface area (TPSA) is 41.4 Å². The summed E-state index contributed by atoms with van der Waals surface area (Å²) in [4.78, 5) is 21.7. The van der Waals surface area contributed by atoms with E-state index < -0.39 is 0 Å². The first-order valence-electron chi connectivity index (χ1n) is 8.68. The Bertz CT molecular complexity index is 700. The molecule has 1 saturated heterocycles. The van der Waals surface area contributed by atoms with Crippen LogP contribution in [0, 0.1) is 13.8 Å². The molecule has 0 aromatic carbocycles. The lowest BCUT2D eigenvalue weighted by molar-refractivity contribution is 0.0642. The van der Waals surface area contributed by atoms with Crippen LogP contribution in [-0.2, 0) is 6.54 Å². The number of aryl methyl sites for hydroxylation is 1. The molecule has 3 rings (SSSR count). The van der Waals surface area contributed by atoms with Crippen molar-refractivity contribution in [3.05, 3.63) is 53.1 Å². The van der Waals surface area contributed by atoms with Crippen molar-refractivity contribution in [3.8, 4) is 0 Å². The van der Waals surface area contributed by atoms with E-state index in [9.17, 15) is 4.79 Å². The Balaban J connectivity index is 1.77. The average molecular weight is 326 g/mol. The zero-order valence-electron chi connectivity index (χ0n) is 14.8. The van der Waals surface area contributed by atoms with E-state index in [0.717, 1.165) is 55.4 Å². The molecule has 1 fully saturated rings. The molecule has 1 aliphatic heterocycles. The number of likely N-dealkylation sites (N-methyl/N-ethyl adjacent to an activating group) is 1. The molecular weight excluding hydrogens is 300 g/mol. The minimum absolute atomic E-state index is 0.158. The molecule has 0 atom stereocenters. The average Bonchev–Trinajstić information content (AvgIpc) is 2.90. The summed E-state index contributed by atoms with van der Waals surface area (Å²) >= 11 is 0. The fraction of sp³-hybridized carbons (Fsp3) is 0.474. The van der Waals surface area contributed by atoms with Gasteiger partial charge in [-0.25, -0.2) is 0 Å². The first kappa shape index (κ1) is 16.7. The Hall–Kier alpha value is -2.14. The summed E-state index contributed by atoms with van der Waals surface area (Å²) in [6, 6.07) is 7.96. The number of nitrogens with zero attached hydrogens (tertiary/aromatic N) is 4. The van der Waals surface area contributed by atoms with Crippen LogP contribution in [0.3, 0.4) is 0 Å². The smallest absolute Gasteiger partial charge is 0.255 e. The molecule has 5 heteroatoms. The third kappa shape index (κ3) is 3.36. The summed E-state index contributed by atoms with van der Waals surface area (Å²) < 4.78 is 2.18. The lowest BCUT2D eigenvalue weighted by atomic mass is 10.2. The predicted octanol–water partition coefficient (Wildman–Crippen LogP) is 2.33. The molecule has 5 nitrogen and oxygen atoms in total. The molecule has 0 unspecified atom stereocenters. The SMILES string of the molecule is CCN1CCN(C(=O)c2cc(C)n(Cc3ccccn3)c2C)CC1. The first-order valence-corrected chi connectivity index (χ1v) is 8.68. The van der Waals surface area contributed by atoms with Gasteiger partial charge in [-0.1, -0.05) is 13.0 Å². The van der Waals surface area contributed by atoms with Gasteiger partial charge in [0, 0.05) is 43.8 Å². The number of rotatable bonds is 4. The summed E-state index contributed by atoms with van der Waals surface area (Å²) in [6.45, 7) is 11.6. The molecule has 0 bridgehead atoms. The van der Waals surface area contributed by atoms with Gasteiger partial charge in [0.25, 0.3) is 5.91 Å². The lowest BCUT2D eigenvalue weighted by Crippen LogP contribution is -2.48. The molecule has 3 heterocycles.